The smallest absolute Gasteiger partial charge is 0.157 e. The Hall–Kier alpha value is -2.28. The molecule has 1 unspecified atom stereocenters. The van der Waals surface area contributed by atoms with Gasteiger partial charge in [0, 0.05) is 5.92 Å². The van der Waals surface area contributed by atoms with Gasteiger partial charge in [0.25, 0.3) is 0 Å². The fourth-order valence-electron chi connectivity index (χ4n) is 4.55. The fraction of sp³-hybridized carbons (Fsp3) is 0.364. The molecule has 1 saturated heterocycles. The Morgan fingerprint density at radius 1 is 1.31 bits per heavy atom. The number of nitrogens with zero attached hydrogens (tertiary/aromatic N) is 2. The number of imidazole rings is 1. The van der Waals surface area contributed by atoms with Crippen LogP contribution in [0.5, 0.6) is 0 Å². The number of nitrogens with one attached hydrogen (secondary N) is 1. The van der Waals surface area contributed by atoms with Crippen LogP contribution < -0.4 is 5.32 Å². The second-order valence-electron chi connectivity index (χ2n) is 8.05. The number of Topliss-reactive ketones (excluding diaryl/α,β-unsaturated/α-hetero) is 1. The molecule has 1 aromatic heterocycles. The fourth-order valence-corrected chi connectivity index (χ4v) is 4.73. The number of carbonyl (C=O) groups excluding carboxylic acids is 1. The summed E-state index contributed by atoms with van der Waals surface area (Å²) in [7, 11) is 0. The molecule has 1 aliphatic heterocycles. The zero-order chi connectivity index (χ0) is 20.2. The summed E-state index contributed by atoms with van der Waals surface area (Å²) in [6.45, 7) is 1.06. The number of rotatable bonds is 4. The van der Waals surface area contributed by atoms with E-state index in [0.717, 1.165) is 41.5 Å². The number of hydrogen-bond donors (Lipinski definition) is 2. The third-order valence-corrected chi connectivity index (χ3v) is 6.59. The molecular weight excluding hydrogens is 393 g/mol. The van der Waals surface area contributed by atoms with Gasteiger partial charge in [-0.25, -0.2) is 9.37 Å². The highest BCUT2D eigenvalue weighted by molar-refractivity contribution is 6.31. The summed E-state index contributed by atoms with van der Waals surface area (Å²) in [5, 5.41) is 13.8. The maximum absolute atomic E-state index is 13.5. The zero-order valence-electron chi connectivity index (χ0n) is 15.7. The molecule has 2 aromatic carbocycles. The van der Waals surface area contributed by atoms with Crippen LogP contribution in [0.3, 0.4) is 0 Å². The van der Waals surface area contributed by atoms with Crippen LogP contribution in [-0.2, 0) is 11.3 Å². The van der Waals surface area contributed by atoms with Crippen molar-refractivity contribution in [3.05, 3.63) is 53.6 Å². The zero-order valence-corrected chi connectivity index (χ0v) is 16.5. The number of halogens is 2. The normalized spacial score (nSPS) is 26.2. The van der Waals surface area contributed by atoms with Crippen molar-refractivity contribution in [3.63, 3.8) is 0 Å². The molecular formula is C22H21ClFN3O2. The molecule has 2 N–H and O–H groups in total. The number of aliphatic hydroxyl groups excluding tert-OH is 1. The molecule has 2 heterocycles. The van der Waals surface area contributed by atoms with Crippen molar-refractivity contribution < 1.29 is 14.3 Å². The third kappa shape index (κ3) is 3.16. The third-order valence-electron chi connectivity index (χ3n) is 6.30. The molecule has 1 spiro atoms. The van der Waals surface area contributed by atoms with Crippen LogP contribution in [0, 0.1) is 11.7 Å². The van der Waals surface area contributed by atoms with Gasteiger partial charge in [-0.1, -0.05) is 23.7 Å². The minimum atomic E-state index is -0.459. The van der Waals surface area contributed by atoms with Crippen molar-refractivity contribution in [3.8, 4) is 11.1 Å². The number of aliphatic hydroxyl groups is 1. The standard InChI is InChI=1S/C22H21ClFN3O2/c23-16-8-13(3-5-17(16)24)14-4-6-18-19(9-14)27(12-25-18)11-20(28)15-10-22(15)21(29)2-1-7-26-22/h3-6,8-9,12,15,21,26,29H,1-2,7,10-11H2/t15-,21+,22?/m1/s1. The van der Waals surface area contributed by atoms with E-state index in [-0.39, 0.29) is 23.3 Å². The summed E-state index contributed by atoms with van der Waals surface area (Å²) < 4.78 is 15.3. The molecule has 0 bridgehead atoms. The van der Waals surface area contributed by atoms with Gasteiger partial charge >= 0.3 is 0 Å². The van der Waals surface area contributed by atoms with Gasteiger partial charge in [0.1, 0.15) is 5.82 Å². The monoisotopic (exact) mass is 413 g/mol. The maximum Gasteiger partial charge on any atom is 0.157 e. The molecule has 2 fully saturated rings. The van der Waals surface area contributed by atoms with Gasteiger partial charge in [0.05, 0.1) is 40.6 Å². The number of benzene rings is 2. The van der Waals surface area contributed by atoms with Gasteiger partial charge in [0.2, 0.25) is 0 Å². The first kappa shape index (κ1) is 18.7. The van der Waals surface area contributed by atoms with Gasteiger partial charge in [-0.05, 0) is 61.2 Å². The predicted molar refractivity (Wildman–Crippen MR) is 109 cm³/mol. The lowest BCUT2D eigenvalue weighted by Crippen LogP contribution is -2.49. The van der Waals surface area contributed by atoms with E-state index < -0.39 is 17.5 Å². The van der Waals surface area contributed by atoms with Crippen LogP contribution in [-0.4, -0.2) is 38.6 Å². The quantitative estimate of drug-likeness (QED) is 0.686. The maximum atomic E-state index is 13.5. The number of piperidine rings is 1. The van der Waals surface area contributed by atoms with Crippen molar-refractivity contribution in [2.24, 2.45) is 5.92 Å². The van der Waals surface area contributed by atoms with Gasteiger partial charge < -0.3 is 15.0 Å². The molecule has 3 atom stereocenters. The summed E-state index contributed by atoms with van der Waals surface area (Å²) in [5.41, 5.74) is 2.87. The van der Waals surface area contributed by atoms with Crippen LogP contribution in [0.1, 0.15) is 19.3 Å². The molecule has 3 aromatic rings. The van der Waals surface area contributed by atoms with Gasteiger partial charge in [-0.2, -0.15) is 0 Å². The number of carbonyl (C=O) groups is 1. The molecule has 7 heteroatoms. The van der Waals surface area contributed by atoms with Crippen LogP contribution in [0.2, 0.25) is 5.02 Å². The van der Waals surface area contributed by atoms with Gasteiger partial charge in [-0.3, -0.25) is 4.79 Å². The second-order valence-corrected chi connectivity index (χ2v) is 8.46. The van der Waals surface area contributed by atoms with E-state index in [1.165, 1.54) is 6.07 Å². The molecule has 5 rings (SSSR count). The second kappa shape index (κ2) is 6.90. The minimum Gasteiger partial charge on any atom is -0.391 e. The molecule has 0 radical (unpaired) electrons. The Bertz CT molecular complexity index is 1110. The molecule has 29 heavy (non-hydrogen) atoms. The van der Waals surface area contributed by atoms with Crippen molar-refractivity contribution in [2.75, 3.05) is 6.54 Å². The Morgan fingerprint density at radius 3 is 2.90 bits per heavy atom. The van der Waals surface area contributed by atoms with Crippen LogP contribution >= 0.6 is 11.6 Å². The number of aromatic nitrogens is 2. The SMILES string of the molecule is O=C(Cn1cnc2ccc(-c3ccc(F)c(Cl)c3)cc21)[C@H]1CC12NCCC[C@@H]2O. The first-order chi connectivity index (χ1) is 14.0. The lowest BCUT2D eigenvalue weighted by atomic mass is 9.95. The van der Waals surface area contributed by atoms with E-state index in [1.54, 1.807) is 18.5 Å². The first-order valence-electron chi connectivity index (χ1n) is 9.84. The lowest BCUT2D eigenvalue weighted by molar-refractivity contribution is -0.122. The average Bonchev–Trinajstić information content (AvgIpc) is 3.32. The molecule has 5 nitrogen and oxygen atoms in total. The molecule has 1 aliphatic carbocycles. The molecule has 0 amide bonds. The minimum absolute atomic E-state index is 0.0730. The average molecular weight is 414 g/mol. The molecule has 150 valence electrons. The lowest BCUT2D eigenvalue weighted by Gasteiger charge is -2.30. The number of fused-ring (bicyclic) bond motifs is 1. The van der Waals surface area contributed by atoms with E-state index in [9.17, 15) is 14.3 Å². The van der Waals surface area contributed by atoms with Crippen LogP contribution in [0.25, 0.3) is 22.2 Å². The Kier molecular flexibility index (Phi) is 4.46. The van der Waals surface area contributed by atoms with Gasteiger partial charge in [0.15, 0.2) is 5.78 Å². The summed E-state index contributed by atoms with van der Waals surface area (Å²) in [6, 6.07) is 10.3. The topological polar surface area (TPSA) is 67.2 Å². The van der Waals surface area contributed by atoms with E-state index in [0.29, 0.717) is 6.42 Å². The van der Waals surface area contributed by atoms with Crippen molar-refractivity contribution in [1.82, 2.24) is 14.9 Å². The largest absolute Gasteiger partial charge is 0.391 e. The van der Waals surface area contributed by atoms with E-state index >= 15 is 0 Å². The highest BCUT2D eigenvalue weighted by atomic mass is 35.5. The molecule has 1 saturated carbocycles. The Morgan fingerprint density at radius 2 is 2.10 bits per heavy atom. The van der Waals surface area contributed by atoms with Crippen molar-refractivity contribution in [2.45, 2.75) is 37.5 Å². The number of hydrogen-bond acceptors (Lipinski definition) is 4. The van der Waals surface area contributed by atoms with Crippen molar-refractivity contribution in [1.29, 1.82) is 0 Å². The Balaban J connectivity index is 1.41. The Labute approximate surface area is 172 Å². The van der Waals surface area contributed by atoms with Crippen molar-refractivity contribution >= 4 is 28.4 Å². The summed E-state index contributed by atoms with van der Waals surface area (Å²) >= 11 is 5.92. The highest BCUT2D eigenvalue weighted by Gasteiger charge is 2.62. The number of ketones is 1. The summed E-state index contributed by atoms with van der Waals surface area (Å²) in [4.78, 5) is 17.3. The van der Waals surface area contributed by atoms with Gasteiger partial charge in [-0.15, -0.1) is 0 Å². The predicted octanol–water partition coefficient (Wildman–Crippen LogP) is 3.57. The highest BCUT2D eigenvalue weighted by Crippen LogP contribution is 2.49. The van der Waals surface area contributed by atoms with Crippen LogP contribution in [0.4, 0.5) is 4.39 Å². The first-order valence-corrected chi connectivity index (χ1v) is 10.2. The van der Waals surface area contributed by atoms with Crippen LogP contribution in [0.15, 0.2) is 42.7 Å². The summed E-state index contributed by atoms with van der Waals surface area (Å²) in [6.07, 6.45) is 3.59. The van der Waals surface area contributed by atoms with E-state index in [1.807, 2.05) is 22.8 Å². The molecule has 2 aliphatic rings. The van der Waals surface area contributed by atoms with E-state index in [2.05, 4.69) is 10.3 Å². The van der Waals surface area contributed by atoms with E-state index in [4.69, 9.17) is 11.6 Å². The summed E-state index contributed by atoms with van der Waals surface area (Å²) in [5.74, 6) is -0.508.